The molecule has 0 amide bonds. The Balaban J connectivity index is 2.76. The molecule has 84 valence electrons. The maximum absolute atomic E-state index is 9.84. The summed E-state index contributed by atoms with van der Waals surface area (Å²) in [6.07, 6.45) is -1.08. The number of rotatable bonds is 5. The molecule has 2 atom stereocenters. The Labute approximate surface area is 104 Å². The zero-order chi connectivity index (χ0) is 11.3. The third-order valence-corrected chi connectivity index (χ3v) is 3.14. The largest absolute Gasteiger partial charge is 0.390 e. The average molecular weight is 291 g/mol. The van der Waals surface area contributed by atoms with Gasteiger partial charge in [0.25, 0.3) is 0 Å². The van der Waals surface area contributed by atoms with Crippen LogP contribution in [-0.4, -0.2) is 22.1 Å². The quantitative estimate of drug-likeness (QED) is 0.575. The van der Waals surface area contributed by atoms with Crippen molar-refractivity contribution in [1.82, 2.24) is 0 Å². The molecule has 0 fully saturated rings. The second-order valence-corrected chi connectivity index (χ2v) is 4.41. The molecule has 15 heavy (non-hydrogen) atoms. The van der Waals surface area contributed by atoms with E-state index in [9.17, 15) is 10.2 Å². The Morgan fingerprint density at radius 2 is 2.07 bits per heavy atom. The number of alkyl halides is 1. The Morgan fingerprint density at radius 3 is 2.67 bits per heavy atom. The minimum absolute atomic E-state index is 0.489. The van der Waals surface area contributed by atoms with E-state index in [0.29, 0.717) is 12.2 Å². The zero-order valence-corrected chi connectivity index (χ0v) is 10.8. The van der Waals surface area contributed by atoms with Gasteiger partial charge in [0.2, 0.25) is 0 Å². The van der Waals surface area contributed by atoms with Crippen molar-refractivity contribution in [2.75, 3.05) is 5.75 Å². The van der Waals surface area contributed by atoms with E-state index >= 15 is 0 Å². The summed E-state index contributed by atoms with van der Waals surface area (Å²) in [6.45, 7) is 0. The maximum atomic E-state index is 9.84. The smallest absolute Gasteiger partial charge is 0.105 e. The van der Waals surface area contributed by atoms with Crippen molar-refractivity contribution in [1.29, 1.82) is 0 Å². The molecule has 0 aliphatic rings. The minimum Gasteiger partial charge on any atom is -0.390 e. The first-order valence-corrected chi connectivity index (χ1v) is 6.56. The van der Waals surface area contributed by atoms with E-state index in [-0.39, 0.29) is 0 Å². The lowest BCUT2D eigenvalue weighted by Crippen LogP contribution is -2.18. The third-order valence-electron chi connectivity index (χ3n) is 2.24. The molecular weight excluding hydrogens is 276 g/mol. The average Bonchev–Trinajstić information content (AvgIpc) is 2.28. The lowest BCUT2D eigenvalue weighted by Gasteiger charge is -2.17. The van der Waals surface area contributed by atoms with Gasteiger partial charge >= 0.3 is 0 Å². The summed E-state index contributed by atoms with van der Waals surface area (Å²) in [4.78, 5) is 0. The van der Waals surface area contributed by atoms with E-state index in [2.05, 4.69) is 28.6 Å². The lowest BCUT2D eigenvalue weighted by molar-refractivity contribution is 0.0172. The second-order valence-electron chi connectivity index (χ2n) is 3.40. The summed E-state index contributed by atoms with van der Waals surface area (Å²) in [5.74, 6) is 0.566. The van der Waals surface area contributed by atoms with Gasteiger partial charge in [-0.1, -0.05) is 40.2 Å². The summed E-state index contributed by atoms with van der Waals surface area (Å²) < 4.78 is 0. The van der Waals surface area contributed by atoms with Crippen molar-refractivity contribution < 1.29 is 10.2 Å². The van der Waals surface area contributed by atoms with Gasteiger partial charge in [-0.3, -0.25) is 0 Å². The first-order chi connectivity index (χ1) is 7.19. The van der Waals surface area contributed by atoms with Crippen LogP contribution in [0.4, 0.5) is 0 Å². The molecule has 2 nitrogen and oxygen atoms in total. The minimum atomic E-state index is -0.823. The van der Waals surface area contributed by atoms with Crippen molar-refractivity contribution >= 4 is 28.6 Å². The molecule has 0 spiro atoms. The number of benzene rings is 1. The van der Waals surface area contributed by atoms with Gasteiger partial charge in [-0.2, -0.15) is 12.6 Å². The molecule has 0 aliphatic heterocycles. The summed E-state index contributed by atoms with van der Waals surface area (Å²) in [7, 11) is 0. The number of aliphatic hydroxyl groups excluding tert-OH is 2. The number of hydrogen-bond donors (Lipinski definition) is 3. The van der Waals surface area contributed by atoms with Crippen LogP contribution in [0.5, 0.6) is 0 Å². The van der Waals surface area contributed by atoms with E-state index in [4.69, 9.17) is 0 Å². The second kappa shape index (κ2) is 6.53. The van der Waals surface area contributed by atoms with Gasteiger partial charge in [0, 0.05) is 5.33 Å². The summed E-state index contributed by atoms with van der Waals surface area (Å²) in [6, 6.07) is 7.55. The van der Waals surface area contributed by atoms with E-state index < -0.39 is 12.2 Å². The van der Waals surface area contributed by atoms with Crippen molar-refractivity contribution in [3.8, 4) is 0 Å². The molecule has 2 N–H and O–H groups in total. The highest BCUT2D eigenvalue weighted by molar-refractivity contribution is 9.08. The van der Waals surface area contributed by atoms with E-state index in [1.54, 1.807) is 0 Å². The highest BCUT2D eigenvalue weighted by atomic mass is 79.9. The van der Waals surface area contributed by atoms with Crippen LogP contribution >= 0.6 is 28.6 Å². The van der Waals surface area contributed by atoms with Crippen LogP contribution in [0.3, 0.4) is 0 Å². The Bertz CT molecular complexity index is 306. The van der Waals surface area contributed by atoms with Crippen LogP contribution in [-0.2, 0) is 5.33 Å². The zero-order valence-electron chi connectivity index (χ0n) is 8.31. The highest BCUT2D eigenvalue weighted by Crippen LogP contribution is 2.21. The Morgan fingerprint density at radius 1 is 1.33 bits per heavy atom. The predicted octanol–water partition coefficient (Wildman–Crippen LogP) is 2.30. The molecule has 0 saturated heterocycles. The van der Waals surface area contributed by atoms with Crippen molar-refractivity contribution in [2.45, 2.75) is 24.0 Å². The SMILES string of the molecule is OC(CCS)C(O)c1cccc(CBr)c1. The van der Waals surface area contributed by atoms with Crippen LogP contribution in [0.25, 0.3) is 0 Å². The van der Waals surface area contributed by atoms with Gasteiger partial charge in [-0.25, -0.2) is 0 Å². The maximum Gasteiger partial charge on any atom is 0.105 e. The van der Waals surface area contributed by atoms with Gasteiger partial charge < -0.3 is 10.2 Å². The van der Waals surface area contributed by atoms with Crippen LogP contribution in [0.15, 0.2) is 24.3 Å². The summed E-state index contributed by atoms with van der Waals surface area (Å²) in [5, 5.41) is 20.2. The van der Waals surface area contributed by atoms with Gasteiger partial charge in [-0.15, -0.1) is 0 Å². The number of hydrogen-bond acceptors (Lipinski definition) is 3. The molecule has 0 aliphatic carbocycles. The summed E-state index contributed by atoms with van der Waals surface area (Å²) in [5.41, 5.74) is 1.84. The molecule has 0 aromatic heterocycles. The fourth-order valence-electron chi connectivity index (χ4n) is 1.37. The fraction of sp³-hybridized carbons (Fsp3) is 0.455. The molecule has 4 heteroatoms. The molecule has 0 bridgehead atoms. The Kier molecular flexibility index (Phi) is 5.68. The third kappa shape index (κ3) is 3.79. The normalized spacial score (nSPS) is 14.9. The van der Waals surface area contributed by atoms with E-state index in [1.807, 2.05) is 24.3 Å². The molecule has 2 unspecified atom stereocenters. The van der Waals surface area contributed by atoms with E-state index in [0.717, 1.165) is 16.5 Å². The Hall–Kier alpha value is -0.0300. The number of thiol groups is 1. The van der Waals surface area contributed by atoms with E-state index in [1.165, 1.54) is 0 Å². The van der Waals surface area contributed by atoms with Crippen molar-refractivity contribution in [2.24, 2.45) is 0 Å². The molecular formula is C11H15BrO2S. The fourth-order valence-corrected chi connectivity index (χ4v) is 1.99. The van der Waals surface area contributed by atoms with Crippen LogP contribution < -0.4 is 0 Å². The van der Waals surface area contributed by atoms with Crippen molar-refractivity contribution in [3.05, 3.63) is 35.4 Å². The predicted molar refractivity (Wildman–Crippen MR) is 68.5 cm³/mol. The monoisotopic (exact) mass is 290 g/mol. The van der Waals surface area contributed by atoms with Crippen LogP contribution in [0, 0.1) is 0 Å². The molecule has 1 aromatic rings. The molecule has 0 radical (unpaired) electrons. The first kappa shape index (κ1) is 13.0. The number of halogens is 1. The van der Waals surface area contributed by atoms with Gasteiger partial charge in [-0.05, 0) is 23.3 Å². The molecule has 0 heterocycles. The van der Waals surface area contributed by atoms with Crippen LogP contribution in [0.2, 0.25) is 0 Å². The summed E-state index contributed by atoms with van der Waals surface area (Å²) >= 11 is 7.38. The first-order valence-electron chi connectivity index (χ1n) is 4.81. The lowest BCUT2D eigenvalue weighted by atomic mass is 10.0. The van der Waals surface area contributed by atoms with Crippen LogP contribution in [0.1, 0.15) is 23.7 Å². The number of aliphatic hydroxyl groups is 2. The van der Waals surface area contributed by atoms with Gasteiger partial charge in [0.05, 0.1) is 6.10 Å². The molecule has 0 saturated carbocycles. The molecule has 1 rings (SSSR count). The topological polar surface area (TPSA) is 40.5 Å². The highest BCUT2D eigenvalue weighted by Gasteiger charge is 2.17. The standard InChI is InChI=1S/C11H15BrO2S/c12-7-8-2-1-3-9(6-8)11(14)10(13)4-5-15/h1-3,6,10-11,13-15H,4-5,7H2. The molecule has 1 aromatic carbocycles. The van der Waals surface area contributed by atoms with Gasteiger partial charge in [0.15, 0.2) is 0 Å². The van der Waals surface area contributed by atoms with Crippen molar-refractivity contribution in [3.63, 3.8) is 0 Å². The van der Waals surface area contributed by atoms with Gasteiger partial charge in [0.1, 0.15) is 6.10 Å².